The summed E-state index contributed by atoms with van der Waals surface area (Å²) in [4.78, 5) is 26.2. The van der Waals surface area contributed by atoms with E-state index in [9.17, 15) is 4.79 Å². The van der Waals surface area contributed by atoms with E-state index in [1.165, 1.54) is 0 Å². The van der Waals surface area contributed by atoms with Crippen molar-refractivity contribution in [3.05, 3.63) is 42.6 Å². The average molecular weight is 298 g/mol. The first-order chi connectivity index (χ1) is 10.7. The number of carbonyl (C=O) groups is 1. The Morgan fingerprint density at radius 2 is 2.18 bits per heavy atom. The fourth-order valence-corrected chi connectivity index (χ4v) is 2.70. The summed E-state index contributed by atoms with van der Waals surface area (Å²) >= 11 is 0. The molecule has 6 heteroatoms. The first-order valence-electron chi connectivity index (χ1n) is 7.38. The minimum absolute atomic E-state index is 0.100. The Labute approximate surface area is 129 Å². The van der Waals surface area contributed by atoms with Gasteiger partial charge in [0.25, 0.3) is 0 Å². The summed E-state index contributed by atoms with van der Waals surface area (Å²) in [6.45, 7) is 3.08. The van der Waals surface area contributed by atoms with Crippen LogP contribution in [0.1, 0.15) is 31.4 Å². The Hall–Kier alpha value is -2.50. The number of pyridine rings is 1. The van der Waals surface area contributed by atoms with E-state index in [0.29, 0.717) is 18.2 Å². The summed E-state index contributed by atoms with van der Waals surface area (Å²) < 4.78 is 5.82. The van der Waals surface area contributed by atoms with Crippen molar-refractivity contribution in [1.82, 2.24) is 19.9 Å². The fraction of sp³-hybridized carbons (Fsp3) is 0.375. The number of carbonyl (C=O) groups excluding carboxylic acids is 1. The fourth-order valence-electron chi connectivity index (χ4n) is 2.70. The van der Waals surface area contributed by atoms with Crippen LogP contribution in [0.25, 0.3) is 0 Å². The zero-order valence-corrected chi connectivity index (χ0v) is 12.5. The molecule has 3 rings (SSSR count). The molecule has 22 heavy (non-hydrogen) atoms. The highest BCUT2D eigenvalue weighted by molar-refractivity contribution is 5.73. The quantitative estimate of drug-likeness (QED) is 0.870. The number of piperidine rings is 1. The number of hydrogen-bond acceptors (Lipinski definition) is 5. The standard InChI is InChI=1S/C16H18N4O2/c1-12(21)20-9-3-4-13(11-20)15-16(19-8-7-18-15)22-14-5-2-6-17-10-14/h2,5-8,10,13H,3-4,9,11H2,1H3/t13-/m0/s1. The predicted molar refractivity (Wildman–Crippen MR) is 80.6 cm³/mol. The lowest BCUT2D eigenvalue weighted by Crippen LogP contribution is -2.38. The lowest BCUT2D eigenvalue weighted by Gasteiger charge is -2.32. The van der Waals surface area contributed by atoms with E-state index >= 15 is 0 Å². The van der Waals surface area contributed by atoms with E-state index < -0.39 is 0 Å². The molecule has 0 unspecified atom stereocenters. The molecule has 0 N–H and O–H groups in total. The molecule has 1 saturated heterocycles. The molecule has 0 bridgehead atoms. The molecular weight excluding hydrogens is 280 g/mol. The Kier molecular flexibility index (Phi) is 4.27. The highest BCUT2D eigenvalue weighted by Crippen LogP contribution is 2.32. The van der Waals surface area contributed by atoms with Gasteiger partial charge in [0.15, 0.2) is 0 Å². The monoisotopic (exact) mass is 298 g/mol. The second-order valence-electron chi connectivity index (χ2n) is 5.34. The van der Waals surface area contributed by atoms with Crippen LogP contribution >= 0.6 is 0 Å². The Morgan fingerprint density at radius 3 is 2.95 bits per heavy atom. The minimum Gasteiger partial charge on any atom is -0.436 e. The summed E-state index contributed by atoms with van der Waals surface area (Å²) in [6.07, 6.45) is 8.55. The van der Waals surface area contributed by atoms with Crippen molar-refractivity contribution in [3.63, 3.8) is 0 Å². The number of hydrogen-bond donors (Lipinski definition) is 0. The van der Waals surface area contributed by atoms with Crippen LogP contribution in [0.3, 0.4) is 0 Å². The molecule has 114 valence electrons. The average Bonchev–Trinajstić information content (AvgIpc) is 2.56. The molecule has 1 amide bonds. The predicted octanol–water partition coefficient (Wildman–Crippen LogP) is 2.39. The van der Waals surface area contributed by atoms with Crippen molar-refractivity contribution in [2.45, 2.75) is 25.7 Å². The van der Waals surface area contributed by atoms with Crippen LogP contribution in [0, 0.1) is 0 Å². The van der Waals surface area contributed by atoms with Gasteiger partial charge in [0.2, 0.25) is 11.8 Å². The van der Waals surface area contributed by atoms with Gasteiger partial charge in [0, 0.05) is 44.5 Å². The van der Waals surface area contributed by atoms with Gasteiger partial charge in [0.1, 0.15) is 11.4 Å². The molecule has 0 aliphatic carbocycles. The SMILES string of the molecule is CC(=O)N1CCC[C@H](c2nccnc2Oc2cccnc2)C1. The third-order valence-corrected chi connectivity index (χ3v) is 3.79. The number of nitrogens with zero attached hydrogens (tertiary/aromatic N) is 4. The Morgan fingerprint density at radius 1 is 1.32 bits per heavy atom. The molecule has 1 aliphatic rings. The normalized spacial score (nSPS) is 18.0. The molecule has 0 saturated carbocycles. The van der Waals surface area contributed by atoms with E-state index in [0.717, 1.165) is 25.1 Å². The van der Waals surface area contributed by atoms with Crippen LogP contribution in [0.5, 0.6) is 11.6 Å². The number of ether oxygens (including phenoxy) is 1. The van der Waals surface area contributed by atoms with Gasteiger partial charge in [-0.05, 0) is 25.0 Å². The molecule has 2 aromatic rings. The summed E-state index contributed by atoms with van der Waals surface area (Å²) in [6, 6.07) is 3.64. The van der Waals surface area contributed by atoms with E-state index in [1.54, 1.807) is 31.7 Å². The maximum Gasteiger partial charge on any atom is 0.241 e. The zero-order valence-electron chi connectivity index (χ0n) is 12.5. The van der Waals surface area contributed by atoms with E-state index in [2.05, 4.69) is 15.0 Å². The lowest BCUT2D eigenvalue weighted by molar-refractivity contribution is -0.130. The minimum atomic E-state index is 0.100. The first kappa shape index (κ1) is 14.4. The van der Waals surface area contributed by atoms with Crippen molar-refractivity contribution in [2.75, 3.05) is 13.1 Å². The second-order valence-corrected chi connectivity index (χ2v) is 5.34. The van der Waals surface area contributed by atoms with Gasteiger partial charge < -0.3 is 9.64 Å². The van der Waals surface area contributed by atoms with Gasteiger partial charge in [-0.2, -0.15) is 0 Å². The molecule has 1 atom stereocenters. The highest BCUT2D eigenvalue weighted by atomic mass is 16.5. The third-order valence-electron chi connectivity index (χ3n) is 3.79. The van der Waals surface area contributed by atoms with Crippen LogP contribution < -0.4 is 4.74 Å². The Balaban J connectivity index is 1.83. The molecule has 3 heterocycles. The lowest BCUT2D eigenvalue weighted by atomic mass is 9.94. The molecular formula is C16H18N4O2. The van der Waals surface area contributed by atoms with Gasteiger partial charge in [0.05, 0.1) is 6.20 Å². The van der Waals surface area contributed by atoms with E-state index in [4.69, 9.17) is 4.74 Å². The Bertz CT molecular complexity index is 648. The molecule has 2 aromatic heterocycles. The van der Waals surface area contributed by atoms with Gasteiger partial charge in [-0.25, -0.2) is 4.98 Å². The molecule has 6 nitrogen and oxygen atoms in total. The van der Waals surface area contributed by atoms with Gasteiger partial charge >= 0.3 is 0 Å². The van der Waals surface area contributed by atoms with Crippen LogP contribution in [0.15, 0.2) is 36.9 Å². The van der Waals surface area contributed by atoms with Gasteiger partial charge in [-0.15, -0.1) is 0 Å². The number of likely N-dealkylation sites (tertiary alicyclic amines) is 1. The number of amides is 1. The van der Waals surface area contributed by atoms with Crippen molar-refractivity contribution in [3.8, 4) is 11.6 Å². The summed E-state index contributed by atoms with van der Waals surface area (Å²) in [5, 5.41) is 0. The first-order valence-corrected chi connectivity index (χ1v) is 7.38. The van der Waals surface area contributed by atoms with E-state index in [-0.39, 0.29) is 11.8 Å². The smallest absolute Gasteiger partial charge is 0.241 e. The van der Waals surface area contributed by atoms with Crippen molar-refractivity contribution in [2.24, 2.45) is 0 Å². The summed E-state index contributed by atoms with van der Waals surface area (Å²) in [7, 11) is 0. The molecule has 1 fully saturated rings. The molecule has 1 aliphatic heterocycles. The highest BCUT2D eigenvalue weighted by Gasteiger charge is 2.27. The molecule has 0 aromatic carbocycles. The van der Waals surface area contributed by atoms with Crippen LogP contribution in [0.2, 0.25) is 0 Å². The summed E-state index contributed by atoms with van der Waals surface area (Å²) in [5.74, 6) is 1.37. The van der Waals surface area contributed by atoms with Crippen molar-refractivity contribution < 1.29 is 9.53 Å². The van der Waals surface area contributed by atoms with Crippen LogP contribution in [-0.2, 0) is 4.79 Å². The summed E-state index contributed by atoms with van der Waals surface area (Å²) in [5.41, 5.74) is 0.803. The molecule has 0 radical (unpaired) electrons. The second kappa shape index (κ2) is 6.51. The van der Waals surface area contributed by atoms with Gasteiger partial charge in [-0.1, -0.05) is 0 Å². The van der Waals surface area contributed by atoms with E-state index in [1.807, 2.05) is 17.0 Å². The maximum absolute atomic E-state index is 11.6. The van der Waals surface area contributed by atoms with Crippen LogP contribution in [0.4, 0.5) is 0 Å². The van der Waals surface area contributed by atoms with Crippen LogP contribution in [-0.4, -0.2) is 38.8 Å². The number of aromatic nitrogens is 3. The largest absolute Gasteiger partial charge is 0.436 e. The molecule has 0 spiro atoms. The van der Waals surface area contributed by atoms with Crippen molar-refractivity contribution >= 4 is 5.91 Å². The third kappa shape index (κ3) is 3.21. The van der Waals surface area contributed by atoms with Crippen molar-refractivity contribution in [1.29, 1.82) is 0 Å². The van der Waals surface area contributed by atoms with Gasteiger partial charge in [-0.3, -0.25) is 14.8 Å². The zero-order chi connectivity index (χ0) is 15.4. The maximum atomic E-state index is 11.6. The number of rotatable bonds is 3. The topological polar surface area (TPSA) is 68.2 Å².